The Kier molecular flexibility index (Phi) is 3.36. The van der Waals surface area contributed by atoms with Crippen molar-refractivity contribution in [3.8, 4) is 0 Å². The van der Waals surface area contributed by atoms with Gasteiger partial charge in [-0.25, -0.2) is 0 Å². The number of hydrogen-bond donors (Lipinski definition) is 1. The summed E-state index contributed by atoms with van der Waals surface area (Å²) in [6.07, 6.45) is -0.577. The molecule has 1 N–H and O–H groups in total. The van der Waals surface area contributed by atoms with Gasteiger partial charge in [-0.05, 0) is 33.4 Å². The Bertz CT molecular complexity index is 814. The molecule has 1 heteroatoms. The van der Waals surface area contributed by atoms with Crippen LogP contribution < -0.4 is 0 Å². The van der Waals surface area contributed by atoms with Gasteiger partial charge < -0.3 is 5.11 Å². The summed E-state index contributed by atoms with van der Waals surface area (Å²) < 4.78 is 0. The third-order valence-electron chi connectivity index (χ3n) is 4.70. The second-order valence-corrected chi connectivity index (χ2v) is 5.99. The Labute approximate surface area is 136 Å². The lowest BCUT2D eigenvalue weighted by Crippen LogP contribution is -2.19. The maximum absolute atomic E-state index is 11.1. The first-order chi connectivity index (χ1) is 11.3. The lowest BCUT2D eigenvalue weighted by Gasteiger charge is -2.33. The zero-order chi connectivity index (χ0) is 15.8. The lowest BCUT2D eigenvalue weighted by molar-refractivity contribution is 0.158. The Hall–Kier alpha value is -2.64. The van der Waals surface area contributed by atoms with Gasteiger partial charge in [0.25, 0.3) is 0 Å². The van der Waals surface area contributed by atoms with Gasteiger partial charge in [-0.3, -0.25) is 0 Å². The van der Waals surface area contributed by atoms with E-state index in [1.807, 2.05) is 54.6 Å². The zero-order valence-electron chi connectivity index (χ0n) is 12.8. The second kappa shape index (κ2) is 5.53. The molecule has 0 spiro atoms. The van der Waals surface area contributed by atoms with Gasteiger partial charge in [0, 0.05) is 5.92 Å². The summed E-state index contributed by atoms with van der Waals surface area (Å²) in [7, 11) is 0. The van der Waals surface area contributed by atoms with E-state index >= 15 is 0 Å². The smallest absolute Gasteiger partial charge is 0.0899 e. The second-order valence-electron chi connectivity index (χ2n) is 5.99. The lowest BCUT2D eigenvalue weighted by atomic mass is 9.72. The van der Waals surface area contributed by atoms with Crippen LogP contribution in [0.1, 0.15) is 39.8 Å². The Morgan fingerprint density at radius 1 is 0.696 bits per heavy atom. The van der Waals surface area contributed by atoms with E-state index in [0.717, 1.165) is 33.4 Å². The highest BCUT2D eigenvalue weighted by Gasteiger charge is 2.32. The van der Waals surface area contributed by atoms with Crippen LogP contribution >= 0.6 is 0 Å². The van der Waals surface area contributed by atoms with Crippen molar-refractivity contribution in [3.63, 3.8) is 0 Å². The summed E-state index contributed by atoms with van der Waals surface area (Å²) in [4.78, 5) is 0. The SMILES string of the molecule is C=C1c2ccccc2C(C(O)c2ccccc2)c2ccccc21. The molecule has 3 aromatic rings. The van der Waals surface area contributed by atoms with Crippen molar-refractivity contribution < 1.29 is 5.11 Å². The molecule has 1 atom stereocenters. The summed E-state index contributed by atoms with van der Waals surface area (Å²) in [5.41, 5.74) is 6.53. The standard InChI is InChI=1S/C22H18O/c1-15-17-11-5-7-13-19(17)21(20-14-8-6-12-18(15)20)22(23)16-9-3-2-4-10-16/h2-14,21-23H,1H2. The van der Waals surface area contributed by atoms with E-state index in [9.17, 15) is 5.11 Å². The van der Waals surface area contributed by atoms with E-state index in [1.165, 1.54) is 0 Å². The molecule has 3 aromatic carbocycles. The van der Waals surface area contributed by atoms with Crippen molar-refractivity contribution in [2.75, 3.05) is 0 Å². The number of hydrogen-bond acceptors (Lipinski definition) is 1. The van der Waals surface area contributed by atoms with E-state index in [2.05, 4.69) is 30.8 Å². The third-order valence-corrected chi connectivity index (χ3v) is 4.70. The molecule has 0 saturated carbocycles. The first-order valence-corrected chi connectivity index (χ1v) is 7.88. The zero-order valence-corrected chi connectivity index (χ0v) is 12.8. The highest BCUT2D eigenvalue weighted by molar-refractivity contribution is 5.85. The predicted octanol–water partition coefficient (Wildman–Crippen LogP) is 4.93. The van der Waals surface area contributed by atoms with E-state index in [4.69, 9.17) is 0 Å². The molecule has 23 heavy (non-hydrogen) atoms. The van der Waals surface area contributed by atoms with Gasteiger partial charge in [0.05, 0.1) is 6.10 Å². The number of aliphatic hydroxyl groups excluding tert-OH is 1. The molecule has 0 heterocycles. The number of fused-ring (bicyclic) bond motifs is 2. The summed E-state index contributed by atoms with van der Waals surface area (Å²) >= 11 is 0. The van der Waals surface area contributed by atoms with Crippen LogP contribution in [0.3, 0.4) is 0 Å². The molecule has 0 aliphatic heterocycles. The van der Waals surface area contributed by atoms with Gasteiger partial charge in [-0.2, -0.15) is 0 Å². The van der Waals surface area contributed by atoms with Crippen LogP contribution in [0.4, 0.5) is 0 Å². The fraction of sp³-hybridized carbons (Fsp3) is 0.0909. The topological polar surface area (TPSA) is 20.2 Å². The van der Waals surface area contributed by atoms with Crippen LogP contribution in [0.2, 0.25) is 0 Å². The maximum atomic E-state index is 11.1. The van der Waals surface area contributed by atoms with Gasteiger partial charge >= 0.3 is 0 Å². The molecule has 0 aromatic heterocycles. The van der Waals surface area contributed by atoms with E-state index < -0.39 is 6.10 Å². The van der Waals surface area contributed by atoms with E-state index in [-0.39, 0.29) is 5.92 Å². The molecule has 1 unspecified atom stereocenters. The minimum atomic E-state index is -0.577. The van der Waals surface area contributed by atoms with Crippen LogP contribution in [0.25, 0.3) is 5.57 Å². The fourth-order valence-corrected chi connectivity index (χ4v) is 3.58. The van der Waals surface area contributed by atoms with Crippen LogP contribution in [-0.2, 0) is 0 Å². The molecule has 1 aliphatic carbocycles. The highest BCUT2D eigenvalue weighted by Crippen LogP contribution is 2.47. The van der Waals surface area contributed by atoms with Crippen molar-refractivity contribution in [2.45, 2.75) is 12.0 Å². The quantitative estimate of drug-likeness (QED) is 0.711. The van der Waals surface area contributed by atoms with Crippen LogP contribution in [0.15, 0.2) is 85.4 Å². The molecular weight excluding hydrogens is 280 g/mol. The Morgan fingerprint density at radius 3 is 1.74 bits per heavy atom. The molecule has 0 fully saturated rings. The summed E-state index contributed by atoms with van der Waals surface area (Å²) in [6.45, 7) is 4.28. The normalized spacial score (nSPS) is 14.9. The summed E-state index contributed by atoms with van der Waals surface area (Å²) in [5.74, 6) is -0.0738. The average Bonchev–Trinajstić information content (AvgIpc) is 2.63. The molecule has 0 saturated heterocycles. The number of aliphatic hydroxyl groups is 1. The van der Waals surface area contributed by atoms with Crippen molar-refractivity contribution >= 4 is 5.57 Å². The van der Waals surface area contributed by atoms with Gasteiger partial charge in [0.2, 0.25) is 0 Å². The van der Waals surface area contributed by atoms with Gasteiger partial charge in [-0.1, -0.05) is 85.4 Å². The Balaban J connectivity index is 1.93. The van der Waals surface area contributed by atoms with Gasteiger partial charge in [-0.15, -0.1) is 0 Å². The van der Waals surface area contributed by atoms with Crippen molar-refractivity contribution in [1.82, 2.24) is 0 Å². The first kappa shape index (κ1) is 14.0. The number of benzene rings is 3. The van der Waals surface area contributed by atoms with Crippen molar-refractivity contribution in [3.05, 3.63) is 113 Å². The number of rotatable bonds is 2. The van der Waals surface area contributed by atoms with Crippen LogP contribution in [0.5, 0.6) is 0 Å². The van der Waals surface area contributed by atoms with E-state index in [1.54, 1.807) is 0 Å². The van der Waals surface area contributed by atoms with Crippen LogP contribution in [0, 0.1) is 0 Å². The fourth-order valence-electron chi connectivity index (χ4n) is 3.58. The molecule has 0 bridgehead atoms. The minimum Gasteiger partial charge on any atom is -0.387 e. The molecule has 112 valence electrons. The molecule has 1 aliphatic rings. The highest BCUT2D eigenvalue weighted by atomic mass is 16.3. The minimum absolute atomic E-state index is 0.0738. The van der Waals surface area contributed by atoms with Crippen molar-refractivity contribution in [2.24, 2.45) is 0 Å². The third kappa shape index (κ3) is 2.21. The monoisotopic (exact) mass is 298 g/mol. The van der Waals surface area contributed by atoms with Crippen molar-refractivity contribution in [1.29, 1.82) is 0 Å². The first-order valence-electron chi connectivity index (χ1n) is 7.88. The predicted molar refractivity (Wildman–Crippen MR) is 94.3 cm³/mol. The summed E-state index contributed by atoms with van der Waals surface area (Å²) in [5, 5.41) is 11.1. The average molecular weight is 298 g/mol. The molecule has 0 radical (unpaired) electrons. The van der Waals surface area contributed by atoms with E-state index in [0.29, 0.717) is 0 Å². The maximum Gasteiger partial charge on any atom is 0.0899 e. The van der Waals surface area contributed by atoms with Gasteiger partial charge in [0.1, 0.15) is 0 Å². The van der Waals surface area contributed by atoms with Gasteiger partial charge in [0.15, 0.2) is 0 Å². The molecule has 1 nitrogen and oxygen atoms in total. The largest absolute Gasteiger partial charge is 0.387 e. The molecule has 4 rings (SSSR count). The van der Waals surface area contributed by atoms with Crippen LogP contribution in [-0.4, -0.2) is 5.11 Å². The molecule has 0 amide bonds. The molecular formula is C22H18O. The Morgan fingerprint density at radius 2 is 1.17 bits per heavy atom. The summed E-state index contributed by atoms with van der Waals surface area (Å²) in [6, 6.07) is 26.4.